The Bertz CT molecular complexity index is 1170. The molecular weight excluding hydrogens is 451 g/mol. The first-order valence-corrected chi connectivity index (χ1v) is 11.1. The van der Waals surface area contributed by atoms with Crippen LogP contribution in [0.3, 0.4) is 0 Å². The van der Waals surface area contributed by atoms with E-state index in [4.69, 9.17) is 4.74 Å². The number of benzene rings is 3. The zero-order valence-corrected chi connectivity index (χ0v) is 19.2. The number of hydrogen-bond donors (Lipinski definition) is 3. The van der Waals surface area contributed by atoms with Crippen LogP contribution in [0.2, 0.25) is 0 Å². The van der Waals surface area contributed by atoms with Crippen LogP contribution in [-0.2, 0) is 33.8 Å². The van der Waals surface area contributed by atoms with Gasteiger partial charge in [-0.25, -0.2) is 9.18 Å². The van der Waals surface area contributed by atoms with Crippen LogP contribution in [0.25, 0.3) is 0 Å². The molecule has 0 fully saturated rings. The Kier molecular flexibility index (Phi) is 8.95. The molecule has 0 unspecified atom stereocenters. The second kappa shape index (κ2) is 12.3. The smallest absolute Gasteiger partial charge is 0.326 e. The van der Waals surface area contributed by atoms with Crippen molar-refractivity contribution in [2.24, 2.45) is 0 Å². The molecule has 0 saturated heterocycles. The molecule has 0 aliphatic heterocycles. The van der Waals surface area contributed by atoms with Crippen molar-refractivity contribution in [2.45, 2.75) is 38.5 Å². The summed E-state index contributed by atoms with van der Waals surface area (Å²) in [4.78, 5) is 36.4. The van der Waals surface area contributed by atoms with Crippen molar-refractivity contribution >= 4 is 17.8 Å². The van der Waals surface area contributed by atoms with E-state index in [1.165, 1.54) is 25.1 Å². The maximum absolute atomic E-state index is 13.5. The molecule has 3 N–H and O–H groups in total. The number of amides is 2. The largest absolute Gasteiger partial charge is 0.489 e. The van der Waals surface area contributed by atoms with Gasteiger partial charge in [0, 0.05) is 19.8 Å². The Balaban J connectivity index is 1.67. The van der Waals surface area contributed by atoms with Gasteiger partial charge in [0.25, 0.3) is 0 Å². The Labute approximate surface area is 202 Å². The van der Waals surface area contributed by atoms with Gasteiger partial charge < -0.3 is 20.5 Å². The average Bonchev–Trinajstić information content (AvgIpc) is 2.82. The molecule has 7 nitrogen and oxygen atoms in total. The summed E-state index contributed by atoms with van der Waals surface area (Å²) < 4.78 is 19.3. The van der Waals surface area contributed by atoms with E-state index in [9.17, 15) is 23.9 Å². The summed E-state index contributed by atoms with van der Waals surface area (Å²) in [5, 5.41) is 14.7. The molecule has 0 aliphatic rings. The van der Waals surface area contributed by atoms with Crippen LogP contribution in [0.4, 0.5) is 4.39 Å². The third kappa shape index (κ3) is 8.26. The highest BCUT2D eigenvalue weighted by Crippen LogP contribution is 2.17. The summed E-state index contributed by atoms with van der Waals surface area (Å²) >= 11 is 0. The van der Waals surface area contributed by atoms with Crippen LogP contribution in [0.15, 0.2) is 78.9 Å². The van der Waals surface area contributed by atoms with E-state index in [0.717, 1.165) is 5.56 Å². The fourth-order valence-electron chi connectivity index (χ4n) is 3.57. The van der Waals surface area contributed by atoms with Crippen molar-refractivity contribution in [3.05, 3.63) is 101 Å². The molecule has 182 valence electrons. The van der Waals surface area contributed by atoms with Crippen molar-refractivity contribution in [2.75, 3.05) is 0 Å². The van der Waals surface area contributed by atoms with Crippen LogP contribution in [0, 0.1) is 5.82 Å². The minimum atomic E-state index is -1.24. The highest BCUT2D eigenvalue weighted by Gasteiger charge is 2.26. The highest BCUT2D eigenvalue weighted by molar-refractivity contribution is 5.90. The number of aliphatic carboxylic acids is 1. The Morgan fingerprint density at radius 3 is 2.11 bits per heavy atom. The van der Waals surface area contributed by atoms with Crippen LogP contribution < -0.4 is 15.4 Å². The zero-order chi connectivity index (χ0) is 25.2. The van der Waals surface area contributed by atoms with E-state index in [1.807, 2.05) is 30.3 Å². The van der Waals surface area contributed by atoms with E-state index in [0.29, 0.717) is 23.5 Å². The number of nitrogens with one attached hydrogen (secondary N) is 2. The Morgan fingerprint density at radius 1 is 0.829 bits per heavy atom. The molecule has 3 aromatic rings. The second-order valence-corrected chi connectivity index (χ2v) is 8.11. The molecule has 0 aliphatic carbocycles. The first-order valence-electron chi connectivity index (χ1n) is 11.1. The predicted molar refractivity (Wildman–Crippen MR) is 128 cm³/mol. The number of carbonyl (C=O) groups is 3. The van der Waals surface area contributed by atoms with Gasteiger partial charge >= 0.3 is 5.97 Å². The number of halogens is 1. The third-order valence-electron chi connectivity index (χ3n) is 5.22. The molecule has 2 atom stereocenters. The van der Waals surface area contributed by atoms with Gasteiger partial charge in [-0.15, -0.1) is 0 Å². The van der Waals surface area contributed by atoms with Gasteiger partial charge in [-0.1, -0.05) is 54.6 Å². The van der Waals surface area contributed by atoms with E-state index in [2.05, 4.69) is 10.6 Å². The standard InChI is InChI=1S/C27H27FN2O5/c1-18(31)29-24(15-20-9-5-11-22(28)13-20)26(32)30-25(27(33)34)16-21-10-6-12-23(14-21)35-17-19-7-3-2-4-8-19/h2-14,24-25H,15-17H2,1H3,(H,29,31)(H,30,32)(H,33,34)/t24-,25+/m1/s1. The van der Waals surface area contributed by atoms with Crippen LogP contribution >= 0.6 is 0 Å². The lowest BCUT2D eigenvalue weighted by molar-refractivity contribution is -0.142. The van der Waals surface area contributed by atoms with Gasteiger partial charge in [-0.05, 0) is 41.0 Å². The number of rotatable bonds is 11. The summed E-state index contributed by atoms with van der Waals surface area (Å²) in [6.07, 6.45) is 0.0225. The van der Waals surface area contributed by atoms with E-state index < -0.39 is 35.7 Å². The molecule has 0 radical (unpaired) electrons. The molecule has 0 aromatic heterocycles. The topological polar surface area (TPSA) is 105 Å². The van der Waals surface area contributed by atoms with Gasteiger partial charge in [0.05, 0.1) is 0 Å². The van der Waals surface area contributed by atoms with E-state index >= 15 is 0 Å². The van der Waals surface area contributed by atoms with E-state index in [-0.39, 0.29) is 12.8 Å². The quantitative estimate of drug-likeness (QED) is 0.392. The fraction of sp³-hybridized carbons (Fsp3) is 0.222. The number of carboxylic acid groups (broad SMARTS) is 1. The minimum absolute atomic E-state index is 0.0103. The monoisotopic (exact) mass is 478 g/mol. The lowest BCUT2D eigenvalue weighted by Crippen LogP contribution is -2.52. The number of carbonyl (C=O) groups excluding carboxylic acids is 2. The summed E-state index contributed by atoms with van der Waals surface area (Å²) in [6, 6.07) is 20.0. The molecule has 0 saturated carbocycles. The van der Waals surface area contributed by atoms with Gasteiger partial charge in [-0.3, -0.25) is 9.59 Å². The molecule has 3 rings (SSSR count). The maximum Gasteiger partial charge on any atom is 0.326 e. The lowest BCUT2D eigenvalue weighted by Gasteiger charge is -2.21. The number of ether oxygens (including phenoxy) is 1. The molecule has 35 heavy (non-hydrogen) atoms. The van der Waals surface area contributed by atoms with Gasteiger partial charge in [-0.2, -0.15) is 0 Å². The summed E-state index contributed by atoms with van der Waals surface area (Å²) in [5.74, 6) is -2.25. The summed E-state index contributed by atoms with van der Waals surface area (Å²) in [7, 11) is 0. The van der Waals surface area contributed by atoms with Crippen molar-refractivity contribution in [1.29, 1.82) is 0 Å². The lowest BCUT2D eigenvalue weighted by atomic mass is 10.0. The molecule has 0 spiro atoms. The molecule has 8 heteroatoms. The number of carboxylic acids is 1. The van der Waals surface area contributed by atoms with Crippen molar-refractivity contribution in [1.82, 2.24) is 10.6 Å². The predicted octanol–water partition coefficient (Wildman–Crippen LogP) is 3.26. The van der Waals surface area contributed by atoms with Crippen LogP contribution in [0.1, 0.15) is 23.6 Å². The van der Waals surface area contributed by atoms with E-state index in [1.54, 1.807) is 30.3 Å². The third-order valence-corrected chi connectivity index (χ3v) is 5.22. The fourth-order valence-corrected chi connectivity index (χ4v) is 3.57. The normalized spacial score (nSPS) is 12.3. The summed E-state index contributed by atoms with van der Waals surface area (Å²) in [6.45, 7) is 1.61. The first kappa shape index (κ1) is 25.4. The molecular formula is C27H27FN2O5. The zero-order valence-electron chi connectivity index (χ0n) is 19.2. The van der Waals surface area contributed by atoms with Crippen LogP contribution in [0.5, 0.6) is 5.75 Å². The number of hydrogen-bond acceptors (Lipinski definition) is 4. The molecule has 0 bridgehead atoms. The maximum atomic E-state index is 13.5. The molecule has 3 aromatic carbocycles. The Morgan fingerprint density at radius 2 is 1.46 bits per heavy atom. The van der Waals surface area contributed by atoms with Crippen molar-refractivity contribution in [3.8, 4) is 5.75 Å². The van der Waals surface area contributed by atoms with Gasteiger partial charge in [0.1, 0.15) is 30.3 Å². The van der Waals surface area contributed by atoms with Crippen LogP contribution in [-0.4, -0.2) is 35.0 Å². The summed E-state index contributed by atoms with van der Waals surface area (Å²) in [5.41, 5.74) is 2.15. The Hall–Kier alpha value is -4.20. The highest BCUT2D eigenvalue weighted by atomic mass is 19.1. The molecule has 2 amide bonds. The second-order valence-electron chi connectivity index (χ2n) is 8.11. The van der Waals surface area contributed by atoms with Crippen molar-refractivity contribution < 1.29 is 28.6 Å². The van der Waals surface area contributed by atoms with Crippen molar-refractivity contribution in [3.63, 3.8) is 0 Å². The van der Waals surface area contributed by atoms with Gasteiger partial charge in [0.2, 0.25) is 11.8 Å². The first-order chi connectivity index (χ1) is 16.8. The van der Waals surface area contributed by atoms with Gasteiger partial charge in [0.15, 0.2) is 0 Å². The minimum Gasteiger partial charge on any atom is -0.489 e. The SMILES string of the molecule is CC(=O)N[C@H](Cc1cccc(F)c1)C(=O)N[C@@H](Cc1cccc(OCc2ccccc2)c1)C(=O)O. The average molecular weight is 479 g/mol. The molecule has 0 heterocycles.